The third-order valence-corrected chi connectivity index (χ3v) is 3.14. The molecule has 102 valence electrons. The molecule has 1 aromatic carbocycles. The van der Waals surface area contributed by atoms with Crippen LogP contribution in [0.25, 0.3) is 5.69 Å². The van der Waals surface area contributed by atoms with Gasteiger partial charge in [-0.3, -0.25) is 9.89 Å². The molecule has 1 aromatic heterocycles. The number of aryl methyl sites for hydroxylation is 1. The lowest BCUT2D eigenvalue weighted by atomic mass is 10.0. The zero-order valence-electron chi connectivity index (χ0n) is 11.9. The maximum atomic E-state index is 12.4. The van der Waals surface area contributed by atoms with Crippen molar-refractivity contribution >= 4 is 0 Å². The van der Waals surface area contributed by atoms with E-state index >= 15 is 0 Å². The first kappa shape index (κ1) is 13.5. The Morgan fingerprint density at radius 2 is 1.89 bits per heavy atom. The van der Waals surface area contributed by atoms with E-state index < -0.39 is 0 Å². The summed E-state index contributed by atoms with van der Waals surface area (Å²) in [7, 11) is 1.63. The van der Waals surface area contributed by atoms with Gasteiger partial charge in [0.2, 0.25) is 0 Å². The Morgan fingerprint density at radius 1 is 1.26 bits per heavy atom. The van der Waals surface area contributed by atoms with Crippen molar-refractivity contribution in [1.82, 2.24) is 9.78 Å². The van der Waals surface area contributed by atoms with Crippen LogP contribution >= 0.6 is 0 Å². The van der Waals surface area contributed by atoms with Gasteiger partial charge in [0.1, 0.15) is 5.75 Å². The number of H-pyrrole nitrogens is 1. The molecule has 2 aromatic rings. The van der Waals surface area contributed by atoms with E-state index in [1.807, 2.05) is 31.2 Å². The van der Waals surface area contributed by atoms with Gasteiger partial charge in [-0.15, -0.1) is 0 Å². The van der Waals surface area contributed by atoms with E-state index in [9.17, 15) is 4.79 Å². The van der Waals surface area contributed by atoms with E-state index in [1.54, 1.807) is 11.8 Å². The third-order valence-electron chi connectivity index (χ3n) is 3.14. The van der Waals surface area contributed by atoms with E-state index in [0.717, 1.165) is 29.1 Å². The van der Waals surface area contributed by atoms with Crippen LogP contribution in [0.2, 0.25) is 0 Å². The average Bonchev–Trinajstić information content (AvgIpc) is 2.66. The molecule has 1 N–H and O–H groups in total. The molecule has 0 unspecified atom stereocenters. The van der Waals surface area contributed by atoms with Crippen molar-refractivity contribution < 1.29 is 4.74 Å². The van der Waals surface area contributed by atoms with Crippen LogP contribution in [-0.2, 0) is 6.42 Å². The minimum Gasteiger partial charge on any atom is -0.497 e. The van der Waals surface area contributed by atoms with Gasteiger partial charge in [-0.25, -0.2) is 4.68 Å². The van der Waals surface area contributed by atoms with E-state index in [2.05, 4.69) is 18.9 Å². The van der Waals surface area contributed by atoms with E-state index in [0.29, 0.717) is 5.92 Å². The van der Waals surface area contributed by atoms with Gasteiger partial charge in [-0.05, 0) is 43.5 Å². The first-order chi connectivity index (χ1) is 9.02. The quantitative estimate of drug-likeness (QED) is 0.918. The van der Waals surface area contributed by atoms with Gasteiger partial charge in [0.15, 0.2) is 0 Å². The van der Waals surface area contributed by atoms with E-state index in [-0.39, 0.29) is 5.56 Å². The molecule has 4 heteroatoms. The molecule has 0 aliphatic rings. The number of nitrogens with zero attached hydrogens (tertiary/aromatic N) is 1. The van der Waals surface area contributed by atoms with Crippen LogP contribution in [0.4, 0.5) is 0 Å². The Hall–Kier alpha value is -1.97. The predicted octanol–water partition coefficient (Wildman–Crippen LogP) is 2.68. The van der Waals surface area contributed by atoms with Gasteiger partial charge in [-0.2, -0.15) is 0 Å². The fraction of sp³-hybridized carbons (Fsp3) is 0.400. The lowest BCUT2D eigenvalue weighted by Crippen LogP contribution is -2.18. The first-order valence-electron chi connectivity index (χ1n) is 6.48. The summed E-state index contributed by atoms with van der Waals surface area (Å²) < 4.78 is 6.71. The number of rotatable bonds is 4. The van der Waals surface area contributed by atoms with Crippen LogP contribution in [-0.4, -0.2) is 16.9 Å². The van der Waals surface area contributed by atoms with Crippen LogP contribution in [0.15, 0.2) is 29.1 Å². The Labute approximate surface area is 113 Å². The fourth-order valence-electron chi connectivity index (χ4n) is 2.14. The Bertz CT molecular complexity index is 606. The molecule has 0 bridgehead atoms. The number of ether oxygens (including phenoxy) is 1. The second-order valence-electron chi connectivity index (χ2n) is 5.15. The number of hydrogen-bond donors (Lipinski definition) is 1. The van der Waals surface area contributed by atoms with Gasteiger partial charge < -0.3 is 4.74 Å². The minimum atomic E-state index is 0.0383. The van der Waals surface area contributed by atoms with Crippen LogP contribution in [0.3, 0.4) is 0 Å². The standard InChI is InChI=1S/C15H20N2O2/c1-10(2)9-14-11(3)16-17(15(14)18)12-5-7-13(19-4)8-6-12/h5-8,10,16H,9H2,1-4H3. The summed E-state index contributed by atoms with van der Waals surface area (Å²) in [5.41, 5.74) is 2.67. The Morgan fingerprint density at radius 3 is 2.42 bits per heavy atom. The summed E-state index contributed by atoms with van der Waals surface area (Å²) in [5.74, 6) is 1.24. The molecule has 0 amide bonds. The maximum Gasteiger partial charge on any atom is 0.274 e. The van der Waals surface area contributed by atoms with Crippen LogP contribution in [0.1, 0.15) is 25.1 Å². The van der Waals surface area contributed by atoms with Crippen LogP contribution < -0.4 is 10.3 Å². The smallest absolute Gasteiger partial charge is 0.274 e. The highest BCUT2D eigenvalue weighted by Crippen LogP contribution is 2.15. The zero-order valence-corrected chi connectivity index (χ0v) is 11.9. The summed E-state index contributed by atoms with van der Waals surface area (Å²) in [4.78, 5) is 12.4. The average molecular weight is 260 g/mol. The second-order valence-corrected chi connectivity index (χ2v) is 5.15. The highest BCUT2D eigenvalue weighted by Gasteiger charge is 2.13. The molecule has 4 nitrogen and oxygen atoms in total. The first-order valence-corrected chi connectivity index (χ1v) is 6.48. The molecular weight excluding hydrogens is 240 g/mol. The predicted molar refractivity (Wildman–Crippen MR) is 76.2 cm³/mol. The third kappa shape index (κ3) is 2.72. The topological polar surface area (TPSA) is 47.0 Å². The van der Waals surface area contributed by atoms with Gasteiger partial charge in [0.05, 0.1) is 12.8 Å². The fourth-order valence-corrected chi connectivity index (χ4v) is 2.14. The summed E-state index contributed by atoms with van der Waals surface area (Å²) in [6.07, 6.45) is 0.796. The summed E-state index contributed by atoms with van der Waals surface area (Å²) in [6, 6.07) is 7.44. The van der Waals surface area contributed by atoms with Crippen LogP contribution in [0.5, 0.6) is 5.75 Å². The summed E-state index contributed by atoms with van der Waals surface area (Å²) >= 11 is 0. The summed E-state index contributed by atoms with van der Waals surface area (Å²) in [6.45, 7) is 6.17. The van der Waals surface area contributed by atoms with Gasteiger partial charge in [0, 0.05) is 11.3 Å². The molecule has 0 aliphatic heterocycles. The van der Waals surface area contributed by atoms with Crippen molar-refractivity contribution in [3.05, 3.63) is 45.9 Å². The number of aromatic amines is 1. The molecular formula is C15H20N2O2. The summed E-state index contributed by atoms with van der Waals surface area (Å²) in [5, 5.41) is 3.14. The molecule has 0 saturated carbocycles. The molecule has 0 radical (unpaired) electrons. The number of nitrogens with one attached hydrogen (secondary N) is 1. The highest BCUT2D eigenvalue weighted by atomic mass is 16.5. The van der Waals surface area contributed by atoms with Gasteiger partial charge in [-0.1, -0.05) is 13.8 Å². The van der Waals surface area contributed by atoms with Gasteiger partial charge in [0.25, 0.3) is 5.56 Å². The lowest BCUT2D eigenvalue weighted by molar-refractivity contribution is 0.414. The van der Waals surface area contributed by atoms with Gasteiger partial charge >= 0.3 is 0 Å². The number of methoxy groups -OCH3 is 1. The molecule has 2 rings (SSSR count). The maximum absolute atomic E-state index is 12.4. The van der Waals surface area contributed by atoms with Crippen molar-refractivity contribution in [2.24, 2.45) is 5.92 Å². The largest absolute Gasteiger partial charge is 0.497 e. The molecule has 0 fully saturated rings. The minimum absolute atomic E-state index is 0.0383. The second kappa shape index (κ2) is 5.34. The Balaban J connectivity index is 2.42. The van der Waals surface area contributed by atoms with Crippen molar-refractivity contribution in [2.45, 2.75) is 27.2 Å². The number of hydrogen-bond acceptors (Lipinski definition) is 2. The van der Waals surface area contributed by atoms with E-state index in [1.165, 1.54) is 0 Å². The lowest BCUT2D eigenvalue weighted by Gasteiger charge is -2.03. The van der Waals surface area contributed by atoms with Crippen molar-refractivity contribution in [2.75, 3.05) is 7.11 Å². The highest BCUT2D eigenvalue weighted by molar-refractivity contribution is 5.37. The Kier molecular flexibility index (Phi) is 3.79. The molecule has 0 aliphatic carbocycles. The molecule has 0 spiro atoms. The van der Waals surface area contributed by atoms with Crippen LogP contribution in [0, 0.1) is 12.8 Å². The zero-order chi connectivity index (χ0) is 14.0. The monoisotopic (exact) mass is 260 g/mol. The SMILES string of the molecule is COc1ccc(-n2[nH]c(C)c(CC(C)C)c2=O)cc1. The van der Waals surface area contributed by atoms with Crippen molar-refractivity contribution in [1.29, 1.82) is 0 Å². The van der Waals surface area contributed by atoms with Crippen molar-refractivity contribution in [3.63, 3.8) is 0 Å². The molecule has 0 saturated heterocycles. The number of aromatic nitrogens is 2. The molecule has 0 atom stereocenters. The normalized spacial score (nSPS) is 11.0. The molecule has 19 heavy (non-hydrogen) atoms. The molecule has 1 heterocycles. The number of benzene rings is 1. The van der Waals surface area contributed by atoms with E-state index in [4.69, 9.17) is 4.74 Å². The van der Waals surface area contributed by atoms with Crippen molar-refractivity contribution in [3.8, 4) is 11.4 Å².